The first kappa shape index (κ1) is 19.0. The molecule has 2 aromatic rings. The largest absolute Gasteiger partial charge is 0.461 e. The van der Waals surface area contributed by atoms with Gasteiger partial charge in [-0.1, -0.05) is 45.4 Å². The Kier molecular flexibility index (Phi) is 6.40. The first-order chi connectivity index (χ1) is 12.5. The zero-order chi connectivity index (χ0) is 18.5. The normalized spacial score (nSPS) is 20.5. The van der Waals surface area contributed by atoms with Crippen molar-refractivity contribution in [3.63, 3.8) is 0 Å². The van der Waals surface area contributed by atoms with Crippen LogP contribution in [0.1, 0.15) is 46.5 Å². The molecule has 1 N–H and O–H groups in total. The summed E-state index contributed by atoms with van der Waals surface area (Å²) in [6.45, 7) is 7.31. The molecule has 0 bridgehead atoms. The van der Waals surface area contributed by atoms with E-state index < -0.39 is 0 Å². The van der Waals surface area contributed by atoms with Gasteiger partial charge in [-0.25, -0.2) is 0 Å². The van der Waals surface area contributed by atoms with Crippen molar-refractivity contribution in [1.82, 2.24) is 20.1 Å². The molecule has 2 aromatic heterocycles. The fraction of sp³-hybridized carbons (Fsp3) is 0.632. The van der Waals surface area contributed by atoms with Crippen LogP contribution in [0.25, 0.3) is 11.6 Å². The second-order valence-corrected chi connectivity index (χ2v) is 8.45. The van der Waals surface area contributed by atoms with Crippen LogP contribution in [0.5, 0.6) is 0 Å². The van der Waals surface area contributed by atoms with E-state index in [1.807, 2.05) is 16.7 Å². The number of amides is 1. The molecule has 0 aromatic carbocycles. The molecule has 7 heteroatoms. The van der Waals surface area contributed by atoms with Crippen LogP contribution in [0.15, 0.2) is 28.0 Å². The van der Waals surface area contributed by atoms with E-state index >= 15 is 0 Å². The third-order valence-electron chi connectivity index (χ3n) is 4.80. The van der Waals surface area contributed by atoms with Crippen LogP contribution >= 0.6 is 11.8 Å². The lowest BCUT2D eigenvalue weighted by Crippen LogP contribution is -2.41. The second-order valence-electron chi connectivity index (χ2n) is 7.51. The van der Waals surface area contributed by atoms with E-state index in [9.17, 15) is 4.79 Å². The molecule has 3 rings (SSSR count). The number of carbonyl (C=O) groups is 1. The summed E-state index contributed by atoms with van der Waals surface area (Å²) in [6.07, 6.45) is 6.40. The minimum atomic E-state index is 0.0763. The molecule has 1 amide bonds. The van der Waals surface area contributed by atoms with Crippen LogP contribution in [-0.4, -0.2) is 32.5 Å². The molecule has 1 aliphatic rings. The summed E-state index contributed by atoms with van der Waals surface area (Å²) in [6, 6.07) is 4.03. The molecule has 1 aliphatic carbocycles. The topological polar surface area (TPSA) is 73.0 Å². The molecule has 6 nitrogen and oxygen atoms in total. The third kappa shape index (κ3) is 4.69. The molecule has 0 unspecified atom stereocenters. The molecular weight excluding hydrogens is 348 g/mol. The Labute approximate surface area is 159 Å². The fourth-order valence-electron chi connectivity index (χ4n) is 3.42. The molecule has 0 radical (unpaired) electrons. The minimum Gasteiger partial charge on any atom is -0.461 e. The van der Waals surface area contributed by atoms with Gasteiger partial charge in [-0.3, -0.25) is 9.36 Å². The number of hydrogen-bond donors (Lipinski definition) is 1. The smallest absolute Gasteiger partial charge is 0.230 e. The maximum Gasteiger partial charge on any atom is 0.230 e. The molecule has 2 heterocycles. The summed E-state index contributed by atoms with van der Waals surface area (Å²) in [7, 11) is 0. The predicted octanol–water partition coefficient (Wildman–Crippen LogP) is 3.98. The molecule has 0 saturated heterocycles. The molecule has 142 valence electrons. The van der Waals surface area contributed by atoms with Crippen molar-refractivity contribution in [3.8, 4) is 11.6 Å². The maximum absolute atomic E-state index is 12.4. The van der Waals surface area contributed by atoms with Gasteiger partial charge in [0.25, 0.3) is 0 Å². The number of carbonyl (C=O) groups excluding carboxylic acids is 1. The zero-order valence-corrected chi connectivity index (χ0v) is 16.6. The van der Waals surface area contributed by atoms with Crippen molar-refractivity contribution in [1.29, 1.82) is 0 Å². The van der Waals surface area contributed by atoms with Crippen molar-refractivity contribution in [2.24, 2.45) is 11.8 Å². The highest BCUT2D eigenvalue weighted by Crippen LogP contribution is 2.26. The number of nitrogens with one attached hydrogen (secondary N) is 1. The molecule has 26 heavy (non-hydrogen) atoms. The van der Waals surface area contributed by atoms with Gasteiger partial charge in [-0.05, 0) is 36.8 Å². The first-order valence-corrected chi connectivity index (χ1v) is 10.4. The van der Waals surface area contributed by atoms with Crippen molar-refractivity contribution >= 4 is 17.7 Å². The van der Waals surface area contributed by atoms with E-state index in [1.165, 1.54) is 31.0 Å². The van der Waals surface area contributed by atoms with Gasteiger partial charge in [-0.15, -0.1) is 10.2 Å². The van der Waals surface area contributed by atoms with Gasteiger partial charge in [0.1, 0.15) is 0 Å². The molecule has 0 spiro atoms. The number of thioether (sulfide) groups is 1. The minimum absolute atomic E-state index is 0.0763. The number of hydrogen-bond acceptors (Lipinski definition) is 5. The highest BCUT2D eigenvalue weighted by molar-refractivity contribution is 7.99. The van der Waals surface area contributed by atoms with Gasteiger partial charge in [-0.2, -0.15) is 0 Å². The van der Waals surface area contributed by atoms with Crippen LogP contribution in [0.3, 0.4) is 0 Å². The van der Waals surface area contributed by atoms with Gasteiger partial charge in [0.2, 0.25) is 5.91 Å². The van der Waals surface area contributed by atoms with Gasteiger partial charge in [0, 0.05) is 12.6 Å². The first-order valence-electron chi connectivity index (χ1n) is 9.44. The lowest BCUT2D eigenvalue weighted by Gasteiger charge is -2.29. The van der Waals surface area contributed by atoms with Crippen molar-refractivity contribution in [2.75, 3.05) is 5.75 Å². The van der Waals surface area contributed by atoms with Crippen LogP contribution in [0.2, 0.25) is 0 Å². The summed E-state index contributed by atoms with van der Waals surface area (Å²) >= 11 is 1.44. The van der Waals surface area contributed by atoms with Crippen molar-refractivity contribution < 1.29 is 9.21 Å². The average molecular weight is 377 g/mol. The molecule has 1 saturated carbocycles. The molecule has 0 aliphatic heterocycles. The lowest BCUT2D eigenvalue weighted by atomic mass is 9.86. The van der Waals surface area contributed by atoms with Crippen molar-refractivity contribution in [3.05, 3.63) is 18.4 Å². The standard InChI is InChI=1S/C19H28N4O2S/c1-13(2)11-23-18(16-9-6-10-25-16)21-22-19(23)26-12-17(24)20-15-8-5-4-7-14(15)3/h6,9-10,13-15H,4-5,7-8,11-12H2,1-3H3,(H,20,24)/t14-,15-/m1/s1. The molecule has 1 fully saturated rings. The van der Waals surface area contributed by atoms with Crippen LogP contribution in [0.4, 0.5) is 0 Å². The Morgan fingerprint density at radius 1 is 1.38 bits per heavy atom. The second kappa shape index (κ2) is 8.75. The summed E-state index contributed by atoms with van der Waals surface area (Å²) in [5.74, 6) is 2.85. The highest BCUT2D eigenvalue weighted by Gasteiger charge is 2.23. The van der Waals surface area contributed by atoms with Crippen LogP contribution in [0, 0.1) is 11.8 Å². The monoisotopic (exact) mass is 376 g/mol. The number of aromatic nitrogens is 3. The molecular formula is C19H28N4O2S. The maximum atomic E-state index is 12.4. The van der Waals surface area contributed by atoms with E-state index in [1.54, 1.807) is 6.26 Å². The molecule has 2 atom stereocenters. The van der Waals surface area contributed by atoms with Gasteiger partial charge in [0.15, 0.2) is 16.7 Å². The van der Waals surface area contributed by atoms with Crippen molar-refractivity contribution in [2.45, 2.75) is 64.2 Å². The summed E-state index contributed by atoms with van der Waals surface area (Å²) in [5, 5.41) is 12.5. The predicted molar refractivity (Wildman–Crippen MR) is 103 cm³/mol. The van der Waals surface area contributed by atoms with E-state index in [-0.39, 0.29) is 5.91 Å². The quantitative estimate of drug-likeness (QED) is 0.740. The number of rotatable bonds is 7. The zero-order valence-electron chi connectivity index (χ0n) is 15.8. The van der Waals surface area contributed by atoms with Gasteiger partial charge >= 0.3 is 0 Å². The van der Waals surface area contributed by atoms with E-state index in [0.29, 0.717) is 35.2 Å². The van der Waals surface area contributed by atoms with E-state index in [4.69, 9.17) is 4.42 Å². The van der Waals surface area contributed by atoms with Crippen LogP contribution in [-0.2, 0) is 11.3 Å². The Bertz CT molecular complexity index is 711. The SMILES string of the molecule is CC(C)Cn1c(SCC(=O)N[C@@H]2CCCC[C@H]2C)nnc1-c1ccco1. The fourth-order valence-corrected chi connectivity index (χ4v) is 4.18. The lowest BCUT2D eigenvalue weighted by molar-refractivity contribution is -0.119. The Hall–Kier alpha value is -1.76. The third-order valence-corrected chi connectivity index (χ3v) is 5.76. The number of nitrogens with zero attached hydrogens (tertiary/aromatic N) is 3. The van der Waals surface area contributed by atoms with Gasteiger partial charge in [0.05, 0.1) is 12.0 Å². The van der Waals surface area contributed by atoms with E-state index in [0.717, 1.165) is 18.1 Å². The Balaban J connectivity index is 1.64. The summed E-state index contributed by atoms with van der Waals surface area (Å²) < 4.78 is 7.53. The number of furan rings is 1. The van der Waals surface area contributed by atoms with Gasteiger partial charge < -0.3 is 9.73 Å². The average Bonchev–Trinajstić information content (AvgIpc) is 3.24. The Morgan fingerprint density at radius 2 is 2.19 bits per heavy atom. The summed E-state index contributed by atoms with van der Waals surface area (Å²) in [4.78, 5) is 12.4. The summed E-state index contributed by atoms with van der Waals surface area (Å²) in [5.41, 5.74) is 0. The highest BCUT2D eigenvalue weighted by atomic mass is 32.2. The van der Waals surface area contributed by atoms with Crippen LogP contribution < -0.4 is 5.32 Å². The van der Waals surface area contributed by atoms with E-state index in [2.05, 4.69) is 36.3 Å². The Morgan fingerprint density at radius 3 is 2.88 bits per heavy atom.